The van der Waals surface area contributed by atoms with Gasteiger partial charge in [-0.1, -0.05) is 12.8 Å². The summed E-state index contributed by atoms with van der Waals surface area (Å²) in [6, 6.07) is 4.84. The molecule has 0 spiro atoms. The minimum Gasteiger partial charge on any atom is -0.478 e. The third-order valence-corrected chi connectivity index (χ3v) is 5.66. The van der Waals surface area contributed by atoms with E-state index < -0.39 is 5.97 Å². The van der Waals surface area contributed by atoms with Gasteiger partial charge in [-0.3, -0.25) is 14.5 Å². The first-order chi connectivity index (χ1) is 12.6. The van der Waals surface area contributed by atoms with E-state index in [0.717, 1.165) is 25.7 Å². The maximum absolute atomic E-state index is 12.7. The molecule has 0 bridgehead atoms. The minimum atomic E-state index is -1.06. The van der Waals surface area contributed by atoms with E-state index in [1.165, 1.54) is 11.0 Å². The molecular weight excluding hydrogens is 336 g/mol. The number of anilines is 2. The van der Waals surface area contributed by atoms with Crippen LogP contribution in [0.3, 0.4) is 0 Å². The standard InChI is InChI=1S/C19H22N2O5/c22-17-13-3-1-2-4-14(13)18(23)21(17)12-5-6-16(15(11-12)19(24)25)20-7-9-26-10-8-20/h5-6,11,13-14H,1-4,7-10H2,(H,24,25). The number of aromatic carboxylic acids is 1. The number of morpholine rings is 1. The second-order valence-corrected chi connectivity index (χ2v) is 7.12. The zero-order valence-corrected chi connectivity index (χ0v) is 14.5. The van der Waals surface area contributed by atoms with Crippen molar-refractivity contribution in [3.63, 3.8) is 0 Å². The molecule has 138 valence electrons. The van der Waals surface area contributed by atoms with E-state index in [0.29, 0.717) is 37.7 Å². The molecule has 2 aliphatic heterocycles. The van der Waals surface area contributed by atoms with Crippen LogP contribution in [0.25, 0.3) is 0 Å². The zero-order valence-electron chi connectivity index (χ0n) is 14.5. The number of nitrogens with zero attached hydrogens (tertiary/aromatic N) is 2. The number of rotatable bonds is 3. The van der Waals surface area contributed by atoms with Gasteiger partial charge in [0.15, 0.2) is 0 Å². The van der Waals surface area contributed by atoms with Crippen LogP contribution in [0.15, 0.2) is 18.2 Å². The van der Waals surface area contributed by atoms with Gasteiger partial charge >= 0.3 is 5.97 Å². The Morgan fingerprint density at radius 2 is 1.65 bits per heavy atom. The summed E-state index contributed by atoms with van der Waals surface area (Å²) in [6.45, 7) is 2.33. The summed E-state index contributed by atoms with van der Waals surface area (Å²) in [5, 5.41) is 9.66. The molecule has 2 amide bonds. The molecule has 3 fully saturated rings. The molecule has 1 aromatic carbocycles. The van der Waals surface area contributed by atoms with Crippen molar-refractivity contribution in [3.05, 3.63) is 23.8 Å². The summed E-state index contributed by atoms with van der Waals surface area (Å²) >= 11 is 0. The second kappa shape index (κ2) is 6.72. The molecule has 1 aliphatic carbocycles. The first-order valence-corrected chi connectivity index (χ1v) is 9.16. The smallest absolute Gasteiger partial charge is 0.337 e. The molecule has 2 heterocycles. The van der Waals surface area contributed by atoms with Crippen molar-refractivity contribution < 1.29 is 24.2 Å². The van der Waals surface area contributed by atoms with Crippen LogP contribution < -0.4 is 9.80 Å². The van der Waals surface area contributed by atoms with Gasteiger partial charge in [-0.05, 0) is 31.0 Å². The molecule has 1 N–H and O–H groups in total. The van der Waals surface area contributed by atoms with Crippen LogP contribution in [-0.2, 0) is 14.3 Å². The van der Waals surface area contributed by atoms with Crippen molar-refractivity contribution in [1.29, 1.82) is 0 Å². The average Bonchev–Trinajstić information content (AvgIpc) is 2.93. The summed E-state index contributed by atoms with van der Waals surface area (Å²) in [4.78, 5) is 40.5. The number of amides is 2. The minimum absolute atomic E-state index is 0.111. The molecule has 2 atom stereocenters. The second-order valence-electron chi connectivity index (χ2n) is 7.12. The number of fused-ring (bicyclic) bond motifs is 1. The highest BCUT2D eigenvalue weighted by Crippen LogP contribution is 2.40. The zero-order chi connectivity index (χ0) is 18.3. The molecule has 0 radical (unpaired) electrons. The van der Waals surface area contributed by atoms with Gasteiger partial charge in [0.25, 0.3) is 0 Å². The highest BCUT2D eigenvalue weighted by atomic mass is 16.5. The Balaban J connectivity index is 1.69. The lowest BCUT2D eigenvalue weighted by atomic mass is 9.81. The number of carboxylic acids is 1. The van der Waals surface area contributed by atoms with Gasteiger partial charge in [-0.15, -0.1) is 0 Å². The third kappa shape index (κ3) is 2.76. The van der Waals surface area contributed by atoms with Crippen molar-refractivity contribution in [2.45, 2.75) is 25.7 Å². The fourth-order valence-corrected chi connectivity index (χ4v) is 4.33. The first kappa shape index (κ1) is 17.0. The number of carbonyl (C=O) groups excluding carboxylic acids is 2. The lowest BCUT2D eigenvalue weighted by Gasteiger charge is -2.30. The van der Waals surface area contributed by atoms with Crippen LogP contribution in [0.1, 0.15) is 36.0 Å². The van der Waals surface area contributed by atoms with Gasteiger partial charge in [0.1, 0.15) is 0 Å². The van der Waals surface area contributed by atoms with Gasteiger partial charge in [-0.25, -0.2) is 4.79 Å². The van der Waals surface area contributed by atoms with Crippen LogP contribution in [0.2, 0.25) is 0 Å². The molecular formula is C19H22N2O5. The predicted octanol–water partition coefficient (Wildman–Crippen LogP) is 1.90. The molecule has 0 aromatic heterocycles. The van der Waals surface area contributed by atoms with E-state index >= 15 is 0 Å². The lowest BCUT2D eigenvalue weighted by Crippen LogP contribution is -2.37. The van der Waals surface area contributed by atoms with E-state index in [9.17, 15) is 19.5 Å². The lowest BCUT2D eigenvalue weighted by molar-refractivity contribution is -0.122. The molecule has 2 unspecified atom stereocenters. The molecule has 3 aliphatic rings. The Bertz CT molecular complexity index is 732. The predicted molar refractivity (Wildman–Crippen MR) is 94.4 cm³/mol. The number of ether oxygens (including phenoxy) is 1. The van der Waals surface area contributed by atoms with Crippen LogP contribution in [0, 0.1) is 11.8 Å². The Kier molecular flexibility index (Phi) is 4.40. The van der Waals surface area contributed by atoms with Crippen LogP contribution >= 0.6 is 0 Å². The highest BCUT2D eigenvalue weighted by molar-refractivity contribution is 6.22. The van der Waals surface area contributed by atoms with Crippen molar-refractivity contribution in [2.24, 2.45) is 11.8 Å². The van der Waals surface area contributed by atoms with E-state index in [4.69, 9.17) is 4.74 Å². The highest BCUT2D eigenvalue weighted by Gasteiger charge is 2.48. The normalized spacial score (nSPS) is 26.2. The van der Waals surface area contributed by atoms with Crippen molar-refractivity contribution >= 4 is 29.2 Å². The summed E-state index contributed by atoms with van der Waals surface area (Å²) in [7, 11) is 0. The van der Waals surface area contributed by atoms with Gasteiger partial charge in [-0.2, -0.15) is 0 Å². The Hall–Kier alpha value is -2.41. The summed E-state index contributed by atoms with van der Waals surface area (Å²) in [5.74, 6) is -1.93. The Morgan fingerprint density at radius 3 is 2.23 bits per heavy atom. The maximum atomic E-state index is 12.7. The van der Waals surface area contributed by atoms with Crippen LogP contribution in [-0.4, -0.2) is 49.2 Å². The van der Waals surface area contributed by atoms with Crippen LogP contribution in [0.5, 0.6) is 0 Å². The third-order valence-electron chi connectivity index (χ3n) is 5.66. The summed E-state index contributed by atoms with van der Waals surface area (Å²) in [6.07, 6.45) is 3.40. The number of carboxylic acid groups (broad SMARTS) is 1. The summed E-state index contributed by atoms with van der Waals surface area (Å²) < 4.78 is 5.32. The van der Waals surface area contributed by atoms with Gasteiger partial charge < -0.3 is 14.7 Å². The van der Waals surface area contributed by atoms with E-state index in [2.05, 4.69) is 0 Å². The Morgan fingerprint density at radius 1 is 1.04 bits per heavy atom. The van der Waals surface area contributed by atoms with E-state index in [1.807, 2.05) is 4.90 Å². The van der Waals surface area contributed by atoms with Crippen molar-refractivity contribution in [2.75, 3.05) is 36.1 Å². The molecule has 7 nitrogen and oxygen atoms in total. The topological polar surface area (TPSA) is 87.2 Å². The largest absolute Gasteiger partial charge is 0.478 e. The molecule has 7 heteroatoms. The van der Waals surface area contributed by atoms with Crippen molar-refractivity contribution in [1.82, 2.24) is 0 Å². The number of imide groups is 1. The summed E-state index contributed by atoms with van der Waals surface area (Å²) in [5.41, 5.74) is 1.07. The first-order valence-electron chi connectivity index (χ1n) is 9.16. The fourth-order valence-electron chi connectivity index (χ4n) is 4.33. The van der Waals surface area contributed by atoms with Gasteiger partial charge in [0.05, 0.1) is 42.0 Å². The molecule has 4 rings (SSSR count). The molecule has 2 saturated heterocycles. The van der Waals surface area contributed by atoms with Gasteiger partial charge in [0, 0.05) is 13.1 Å². The number of carbonyl (C=O) groups is 3. The molecule has 26 heavy (non-hydrogen) atoms. The number of hydrogen-bond donors (Lipinski definition) is 1. The maximum Gasteiger partial charge on any atom is 0.337 e. The number of benzene rings is 1. The van der Waals surface area contributed by atoms with E-state index in [1.54, 1.807) is 12.1 Å². The van der Waals surface area contributed by atoms with E-state index in [-0.39, 0.29) is 29.2 Å². The Labute approximate surface area is 151 Å². The SMILES string of the molecule is O=C(O)c1cc(N2C(=O)C3CCCCC3C2=O)ccc1N1CCOCC1. The van der Waals surface area contributed by atoms with Gasteiger partial charge in [0.2, 0.25) is 11.8 Å². The fraction of sp³-hybridized carbons (Fsp3) is 0.526. The monoisotopic (exact) mass is 358 g/mol. The average molecular weight is 358 g/mol. The molecule has 1 saturated carbocycles. The van der Waals surface area contributed by atoms with Crippen molar-refractivity contribution in [3.8, 4) is 0 Å². The molecule has 1 aromatic rings. The van der Waals surface area contributed by atoms with Crippen LogP contribution in [0.4, 0.5) is 11.4 Å². The quantitative estimate of drug-likeness (QED) is 0.831. The number of hydrogen-bond acceptors (Lipinski definition) is 5.